The van der Waals surface area contributed by atoms with Crippen LogP contribution in [0.2, 0.25) is 0 Å². The Balaban J connectivity index is 1.91. The van der Waals surface area contributed by atoms with E-state index in [1.54, 1.807) is 0 Å². The zero-order valence-electron chi connectivity index (χ0n) is 9.62. The van der Waals surface area contributed by atoms with Gasteiger partial charge >= 0.3 is 0 Å². The van der Waals surface area contributed by atoms with E-state index in [-0.39, 0.29) is 0 Å². The van der Waals surface area contributed by atoms with Gasteiger partial charge in [0.2, 0.25) is 0 Å². The van der Waals surface area contributed by atoms with Crippen LogP contribution in [0, 0.1) is 0 Å². The van der Waals surface area contributed by atoms with Crippen molar-refractivity contribution in [2.75, 3.05) is 19.8 Å². The lowest BCUT2D eigenvalue weighted by Gasteiger charge is -2.06. The third-order valence-electron chi connectivity index (χ3n) is 2.62. The van der Waals surface area contributed by atoms with Gasteiger partial charge in [-0.25, -0.2) is 0 Å². The standard InChI is InChI=1S/C13H18N2O/c1-2-16-9-8-14-10-12-5-3-4-11-6-7-15-13(11)12/h3-7,14-15H,2,8-10H2,1H3. The average Bonchev–Trinajstić information content (AvgIpc) is 2.77. The van der Waals surface area contributed by atoms with Crippen molar-refractivity contribution in [2.24, 2.45) is 0 Å². The molecule has 1 aromatic heterocycles. The molecular formula is C13H18N2O. The second-order valence-corrected chi connectivity index (χ2v) is 3.73. The summed E-state index contributed by atoms with van der Waals surface area (Å²) in [5, 5.41) is 4.64. The molecule has 0 fully saturated rings. The van der Waals surface area contributed by atoms with Crippen molar-refractivity contribution in [3.63, 3.8) is 0 Å². The minimum Gasteiger partial charge on any atom is -0.380 e. The highest BCUT2D eigenvalue weighted by molar-refractivity contribution is 5.82. The zero-order chi connectivity index (χ0) is 11.2. The quantitative estimate of drug-likeness (QED) is 0.730. The minimum atomic E-state index is 0.775. The molecule has 0 atom stereocenters. The van der Waals surface area contributed by atoms with Crippen LogP contribution in [0.1, 0.15) is 12.5 Å². The fraction of sp³-hybridized carbons (Fsp3) is 0.385. The summed E-state index contributed by atoms with van der Waals surface area (Å²) in [6, 6.07) is 8.46. The second-order valence-electron chi connectivity index (χ2n) is 3.73. The normalized spacial score (nSPS) is 11.1. The second kappa shape index (κ2) is 5.68. The minimum absolute atomic E-state index is 0.775. The summed E-state index contributed by atoms with van der Waals surface area (Å²) in [7, 11) is 0. The third-order valence-corrected chi connectivity index (χ3v) is 2.62. The number of aromatic nitrogens is 1. The molecular weight excluding hydrogens is 200 g/mol. The maximum absolute atomic E-state index is 5.27. The number of aromatic amines is 1. The first kappa shape index (κ1) is 11.2. The maximum Gasteiger partial charge on any atom is 0.0590 e. The van der Waals surface area contributed by atoms with E-state index in [1.165, 1.54) is 16.5 Å². The Bertz CT molecular complexity index is 436. The molecule has 0 unspecified atom stereocenters. The van der Waals surface area contributed by atoms with Crippen LogP contribution in [0.5, 0.6) is 0 Å². The Kier molecular flexibility index (Phi) is 3.97. The van der Waals surface area contributed by atoms with Gasteiger partial charge in [-0.05, 0) is 23.9 Å². The summed E-state index contributed by atoms with van der Waals surface area (Å²) in [5.74, 6) is 0. The Labute approximate surface area is 95.8 Å². The predicted octanol–water partition coefficient (Wildman–Crippen LogP) is 2.29. The fourth-order valence-corrected chi connectivity index (χ4v) is 1.81. The first-order valence-corrected chi connectivity index (χ1v) is 5.75. The van der Waals surface area contributed by atoms with E-state index in [9.17, 15) is 0 Å². The molecule has 2 rings (SSSR count). The van der Waals surface area contributed by atoms with Crippen molar-refractivity contribution in [1.82, 2.24) is 10.3 Å². The SMILES string of the molecule is CCOCCNCc1cccc2cc[nH]c12. The van der Waals surface area contributed by atoms with Crippen LogP contribution in [-0.4, -0.2) is 24.7 Å². The molecule has 3 heteroatoms. The molecule has 1 aromatic carbocycles. The molecule has 0 bridgehead atoms. The molecule has 0 saturated heterocycles. The molecule has 0 aliphatic heterocycles. The molecule has 2 N–H and O–H groups in total. The summed E-state index contributed by atoms with van der Waals surface area (Å²) in [6.07, 6.45) is 1.98. The number of benzene rings is 1. The number of fused-ring (bicyclic) bond motifs is 1. The molecule has 16 heavy (non-hydrogen) atoms. The molecule has 0 aliphatic rings. The van der Waals surface area contributed by atoms with E-state index in [2.05, 4.69) is 34.6 Å². The first-order valence-electron chi connectivity index (χ1n) is 5.75. The van der Waals surface area contributed by atoms with E-state index in [1.807, 2.05) is 13.1 Å². The van der Waals surface area contributed by atoms with E-state index in [0.717, 1.165) is 26.3 Å². The van der Waals surface area contributed by atoms with Gasteiger partial charge in [0.05, 0.1) is 6.61 Å². The molecule has 86 valence electrons. The van der Waals surface area contributed by atoms with E-state index in [4.69, 9.17) is 4.74 Å². The molecule has 0 saturated carbocycles. The van der Waals surface area contributed by atoms with Crippen LogP contribution in [-0.2, 0) is 11.3 Å². The summed E-state index contributed by atoms with van der Waals surface area (Å²) in [6.45, 7) is 5.35. The van der Waals surface area contributed by atoms with Gasteiger partial charge in [0, 0.05) is 31.4 Å². The molecule has 0 spiro atoms. The van der Waals surface area contributed by atoms with Gasteiger partial charge in [-0.1, -0.05) is 18.2 Å². The molecule has 1 heterocycles. The molecule has 0 aliphatic carbocycles. The van der Waals surface area contributed by atoms with Crippen molar-refractivity contribution in [3.8, 4) is 0 Å². The Morgan fingerprint density at radius 1 is 1.31 bits per heavy atom. The number of H-pyrrole nitrogens is 1. The van der Waals surface area contributed by atoms with Gasteiger partial charge in [-0.3, -0.25) is 0 Å². The van der Waals surface area contributed by atoms with Crippen LogP contribution >= 0.6 is 0 Å². The van der Waals surface area contributed by atoms with Crippen LogP contribution in [0.25, 0.3) is 10.9 Å². The van der Waals surface area contributed by atoms with Crippen LogP contribution in [0.15, 0.2) is 30.5 Å². The average molecular weight is 218 g/mol. The molecule has 0 radical (unpaired) electrons. The zero-order valence-corrected chi connectivity index (χ0v) is 9.62. The van der Waals surface area contributed by atoms with Gasteiger partial charge in [0.15, 0.2) is 0 Å². The number of para-hydroxylation sites is 1. The van der Waals surface area contributed by atoms with E-state index < -0.39 is 0 Å². The highest BCUT2D eigenvalue weighted by Gasteiger charge is 2.00. The van der Waals surface area contributed by atoms with Gasteiger partial charge in [-0.15, -0.1) is 0 Å². The number of hydrogen-bond donors (Lipinski definition) is 2. The van der Waals surface area contributed by atoms with E-state index >= 15 is 0 Å². The topological polar surface area (TPSA) is 37.0 Å². The number of nitrogens with one attached hydrogen (secondary N) is 2. The highest BCUT2D eigenvalue weighted by Crippen LogP contribution is 2.16. The largest absolute Gasteiger partial charge is 0.380 e. The van der Waals surface area contributed by atoms with Crippen LogP contribution < -0.4 is 5.32 Å². The first-order chi connectivity index (χ1) is 7.92. The highest BCUT2D eigenvalue weighted by atomic mass is 16.5. The van der Waals surface area contributed by atoms with Crippen molar-refractivity contribution < 1.29 is 4.74 Å². The summed E-state index contributed by atoms with van der Waals surface area (Å²) >= 11 is 0. The number of rotatable bonds is 6. The Morgan fingerprint density at radius 2 is 2.25 bits per heavy atom. The van der Waals surface area contributed by atoms with Crippen molar-refractivity contribution >= 4 is 10.9 Å². The molecule has 0 amide bonds. The Morgan fingerprint density at radius 3 is 3.12 bits per heavy atom. The number of ether oxygens (including phenoxy) is 1. The Hall–Kier alpha value is -1.32. The molecule has 2 aromatic rings. The summed E-state index contributed by atoms with van der Waals surface area (Å²) in [5.41, 5.74) is 2.53. The van der Waals surface area contributed by atoms with E-state index in [0.29, 0.717) is 0 Å². The lowest BCUT2D eigenvalue weighted by molar-refractivity contribution is 0.149. The van der Waals surface area contributed by atoms with Gasteiger partial charge in [0.25, 0.3) is 0 Å². The maximum atomic E-state index is 5.27. The van der Waals surface area contributed by atoms with Gasteiger partial charge in [-0.2, -0.15) is 0 Å². The predicted molar refractivity (Wildman–Crippen MR) is 66.5 cm³/mol. The van der Waals surface area contributed by atoms with Gasteiger partial charge in [0.1, 0.15) is 0 Å². The molecule has 3 nitrogen and oxygen atoms in total. The summed E-state index contributed by atoms with van der Waals surface area (Å²) in [4.78, 5) is 3.27. The van der Waals surface area contributed by atoms with Crippen molar-refractivity contribution in [3.05, 3.63) is 36.0 Å². The lowest BCUT2D eigenvalue weighted by atomic mass is 10.1. The van der Waals surface area contributed by atoms with Crippen molar-refractivity contribution in [1.29, 1.82) is 0 Å². The fourth-order valence-electron chi connectivity index (χ4n) is 1.81. The monoisotopic (exact) mass is 218 g/mol. The van der Waals surface area contributed by atoms with Crippen molar-refractivity contribution in [2.45, 2.75) is 13.5 Å². The van der Waals surface area contributed by atoms with Crippen LogP contribution in [0.3, 0.4) is 0 Å². The smallest absolute Gasteiger partial charge is 0.0590 e. The number of hydrogen-bond acceptors (Lipinski definition) is 2. The summed E-state index contributed by atoms with van der Waals surface area (Å²) < 4.78 is 5.27. The third kappa shape index (κ3) is 2.62. The van der Waals surface area contributed by atoms with Gasteiger partial charge < -0.3 is 15.0 Å². The van der Waals surface area contributed by atoms with Crippen LogP contribution in [0.4, 0.5) is 0 Å². The lowest BCUT2D eigenvalue weighted by Crippen LogP contribution is -2.19.